The molecule has 0 fully saturated rings. The van der Waals surface area contributed by atoms with Gasteiger partial charge in [-0.05, 0) is 74.0 Å². The van der Waals surface area contributed by atoms with Gasteiger partial charge in [0.25, 0.3) is 27.5 Å². The maximum atomic E-state index is 13.5. The molecule has 0 unspecified atom stereocenters. The van der Waals surface area contributed by atoms with Crippen molar-refractivity contribution < 1.29 is 32.5 Å². The molecule has 0 aliphatic carbocycles. The number of aromatic nitrogens is 1. The van der Waals surface area contributed by atoms with Crippen LogP contribution in [0.25, 0.3) is 10.9 Å². The fourth-order valence-corrected chi connectivity index (χ4v) is 5.78. The number of nitrogens with one attached hydrogen (secondary N) is 2. The quantitative estimate of drug-likeness (QED) is 0.199. The highest BCUT2D eigenvalue weighted by Gasteiger charge is 2.27. The number of methoxy groups -OCH3 is 1. The first-order valence-electron chi connectivity index (χ1n) is 12.5. The smallest absolute Gasteiger partial charge is 0.289 e. The number of ether oxygens (including phenoxy) is 1. The van der Waals surface area contributed by atoms with Crippen LogP contribution in [0.2, 0.25) is 10.0 Å². The summed E-state index contributed by atoms with van der Waals surface area (Å²) in [5.74, 6) is -1.57. The van der Waals surface area contributed by atoms with E-state index in [-0.39, 0.29) is 17.4 Å². The van der Waals surface area contributed by atoms with Gasteiger partial charge >= 0.3 is 0 Å². The Labute approximate surface area is 255 Å². The van der Waals surface area contributed by atoms with Gasteiger partial charge < -0.3 is 10.1 Å². The highest BCUT2D eigenvalue weighted by Crippen LogP contribution is 2.31. The third-order valence-corrected chi connectivity index (χ3v) is 8.52. The number of halogens is 2. The minimum Gasteiger partial charge on any atom is -0.497 e. The van der Waals surface area contributed by atoms with Crippen LogP contribution in [-0.2, 0) is 26.0 Å². The average Bonchev–Trinajstić information content (AvgIpc) is 3.22. The van der Waals surface area contributed by atoms with Crippen LogP contribution in [0.15, 0.2) is 65.6 Å². The number of hydrogen-bond acceptors (Lipinski definition) is 8. The molecular weight excluding hydrogens is 623 g/mol. The van der Waals surface area contributed by atoms with Gasteiger partial charge in [-0.25, -0.2) is 13.1 Å². The molecule has 0 saturated heterocycles. The minimum absolute atomic E-state index is 0.260. The Morgan fingerprint density at radius 2 is 1.72 bits per heavy atom. The summed E-state index contributed by atoms with van der Waals surface area (Å²) in [7, 11) is -3.05. The van der Waals surface area contributed by atoms with E-state index in [4.69, 9.17) is 27.9 Å². The summed E-state index contributed by atoms with van der Waals surface area (Å²) in [5.41, 5.74) is 1.20. The Bertz CT molecular complexity index is 1890. The van der Waals surface area contributed by atoms with E-state index >= 15 is 0 Å². The molecule has 3 aromatic carbocycles. The molecule has 1 heterocycles. The zero-order valence-corrected chi connectivity index (χ0v) is 25.2. The second-order valence-corrected chi connectivity index (χ2v) is 11.9. The van der Waals surface area contributed by atoms with Crippen molar-refractivity contribution in [2.75, 3.05) is 7.11 Å². The second kappa shape index (κ2) is 12.4. The van der Waals surface area contributed by atoms with Crippen LogP contribution >= 0.6 is 23.2 Å². The number of hydrogen-bond donors (Lipinski definition) is 2. The number of carbonyl (C=O) groups excluding carboxylic acids is 3. The Morgan fingerprint density at radius 1 is 1.05 bits per heavy atom. The molecule has 0 aliphatic rings. The van der Waals surface area contributed by atoms with Crippen molar-refractivity contribution >= 4 is 67.5 Å². The van der Waals surface area contributed by atoms with Crippen LogP contribution in [0, 0.1) is 17.0 Å². The lowest BCUT2D eigenvalue weighted by Gasteiger charge is -2.15. The van der Waals surface area contributed by atoms with Crippen LogP contribution < -0.4 is 14.8 Å². The molecule has 0 aliphatic heterocycles. The average molecular weight is 647 g/mol. The van der Waals surface area contributed by atoms with Crippen molar-refractivity contribution in [2.45, 2.75) is 31.2 Å². The van der Waals surface area contributed by atoms with Crippen molar-refractivity contribution in [2.24, 2.45) is 0 Å². The van der Waals surface area contributed by atoms with E-state index in [0.717, 1.165) is 18.2 Å². The molecule has 1 atom stereocenters. The summed E-state index contributed by atoms with van der Waals surface area (Å²) in [6, 6.07) is 12.8. The predicted molar refractivity (Wildman–Crippen MR) is 159 cm³/mol. The standard InChI is InChI=1S/C28H24Cl2N4O8S/c1-15(27(36)32-43(40,41)20-9-10-23(30)25(13-20)34(38)39)31-26(35)14-21-16(2)33(24-11-8-19(42-3)12-22(21)24)28(37)17-4-6-18(29)7-5-17/h4-13,15H,14H2,1-3H3,(H,31,35)(H,32,36)/t15-/m0/s1. The Kier molecular flexibility index (Phi) is 9.09. The monoisotopic (exact) mass is 646 g/mol. The van der Waals surface area contributed by atoms with Gasteiger partial charge in [0.05, 0.1) is 28.9 Å². The first kappa shape index (κ1) is 31.5. The third kappa shape index (κ3) is 6.63. The normalized spacial score (nSPS) is 12.0. The number of amides is 2. The molecular formula is C28H24Cl2N4O8S. The van der Waals surface area contributed by atoms with Gasteiger partial charge in [0.1, 0.15) is 16.8 Å². The van der Waals surface area contributed by atoms with E-state index in [1.165, 1.54) is 18.6 Å². The topological polar surface area (TPSA) is 167 Å². The van der Waals surface area contributed by atoms with E-state index in [2.05, 4.69) is 5.32 Å². The minimum atomic E-state index is -4.53. The highest BCUT2D eigenvalue weighted by molar-refractivity contribution is 7.90. The number of fused-ring (bicyclic) bond motifs is 1. The van der Waals surface area contributed by atoms with Crippen molar-refractivity contribution in [1.82, 2.24) is 14.6 Å². The van der Waals surface area contributed by atoms with Crippen LogP contribution in [0.3, 0.4) is 0 Å². The van der Waals surface area contributed by atoms with Gasteiger partial charge in [-0.15, -0.1) is 0 Å². The summed E-state index contributed by atoms with van der Waals surface area (Å²) < 4.78 is 34.0. The van der Waals surface area contributed by atoms with E-state index < -0.39 is 43.4 Å². The Balaban J connectivity index is 1.56. The lowest BCUT2D eigenvalue weighted by molar-refractivity contribution is -0.384. The fourth-order valence-electron chi connectivity index (χ4n) is 4.39. The first-order chi connectivity index (χ1) is 20.2. The number of nitro benzene ring substituents is 1. The lowest BCUT2D eigenvalue weighted by atomic mass is 10.1. The van der Waals surface area contributed by atoms with Crippen LogP contribution in [0.1, 0.15) is 28.5 Å². The Hall–Kier alpha value is -4.46. The third-order valence-electron chi connectivity index (χ3n) is 6.60. The molecule has 4 rings (SSSR count). The van der Waals surface area contributed by atoms with E-state index in [1.807, 2.05) is 0 Å². The Morgan fingerprint density at radius 3 is 2.35 bits per heavy atom. The lowest BCUT2D eigenvalue weighted by Crippen LogP contribution is -2.47. The number of nitrogens with zero attached hydrogens (tertiary/aromatic N) is 2. The van der Waals surface area contributed by atoms with Gasteiger partial charge in [-0.3, -0.25) is 29.1 Å². The van der Waals surface area contributed by atoms with Crippen LogP contribution in [0.5, 0.6) is 5.75 Å². The summed E-state index contributed by atoms with van der Waals surface area (Å²) >= 11 is 11.7. The molecule has 1 aromatic heterocycles. The summed E-state index contributed by atoms with van der Waals surface area (Å²) in [6.07, 6.45) is -0.260. The summed E-state index contributed by atoms with van der Waals surface area (Å²) in [6.45, 7) is 2.95. The maximum Gasteiger partial charge on any atom is 0.289 e. The largest absolute Gasteiger partial charge is 0.497 e. The molecule has 12 nitrogen and oxygen atoms in total. The van der Waals surface area contributed by atoms with E-state index in [1.54, 1.807) is 54.1 Å². The number of sulfonamides is 1. The molecule has 0 radical (unpaired) electrons. The van der Waals surface area contributed by atoms with Crippen molar-refractivity contribution in [3.63, 3.8) is 0 Å². The molecule has 0 spiro atoms. The molecule has 2 amide bonds. The predicted octanol–water partition coefficient (Wildman–Crippen LogP) is 4.41. The zero-order valence-electron chi connectivity index (χ0n) is 22.9. The van der Waals surface area contributed by atoms with Gasteiger partial charge in [0, 0.05) is 27.7 Å². The summed E-state index contributed by atoms with van der Waals surface area (Å²) in [4.78, 5) is 49.0. The van der Waals surface area contributed by atoms with Gasteiger partial charge in [-0.1, -0.05) is 23.2 Å². The van der Waals surface area contributed by atoms with Gasteiger partial charge in [0.2, 0.25) is 5.91 Å². The van der Waals surface area contributed by atoms with Gasteiger partial charge in [-0.2, -0.15) is 0 Å². The first-order valence-corrected chi connectivity index (χ1v) is 14.8. The molecule has 4 aromatic rings. The summed E-state index contributed by atoms with van der Waals surface area (Å²) in [5, 5.41) is 14.3. The van der Waals surface area contributed by atoms with Gasteiger partial charge in [0.15, 0.2) is 0 Å². The number of nitro groups is 1. The van der Waals surface area contributed by atoms with Crippen LogP contribution in [-0.4, -0.2) is 48.8 Å². The molecule has 0 bridgehead atoms. The second-order valence-electron chi connectivity index (χ2n) is 9.40. The molecule has 2 N–H and O–H groups in total. The molecule has 43 heavy (non-hydrogen) atoms. The van der Waals surface area contributed by atoms with Crippen LogP contribution in [0.4, 0.5) is 5.69 Å². The van der Waals surface area contributed by atoms with E-state index in [9.17, 15) is 32.9 Å². The molecule has 0 saturated carbocycles. The number of rotatable bonds is 9. The fraction of sp³-hybridized carbons (Fsp3) is 0.179. The van der Waals surface area contributed by atoms with Crippen molar-refractivity contribution in [1.29, 1.82) is 0 Å². The van der Waals surface area contributed by atoms with Crippen molar-refractivity contribution in [3.05, 3.63) is 97.6 Å². The number of carbonyl (C=O) groups is 3. The molecule has 224 valence electrons. The zero-order chi connectivity index (χ0) is 31.6. The van der Waals surface area contributed by atoms with E-state index in [0.29, 0.717) is 38.5 Å². The SMILES string of the molecule is COc1ccc2c(c1)c(CC(=O)N[C@@H](C)C(=O)NS(=O)(=O)c1ccc(Cl)c([N+](=O)[O-])c1)c(C)n2C(=O)c1ccc(Cl)cc1. The van der Waals surface area contributed by atoms with Crippen molar-refractivity contribution in [3.8, 4) is 5.75 Å². The maximum absolute atomic E-state index is 13.5. The number of benzene rings is 3. The molecule has 15 heteroatoms. The highest BCUT2D eigenvalue weighted by atomic mass is 35.5.